The van der Waals surface area contributed by atoms with Gasteiger partial charge in [0.05, 0.1) is 19.8 Å². The molecular weight excluding hydrogens is 393 g/mol. The van der Waals surface area contributed by atoms with Gasteiger partial charge >= 0.3 is 6.18 Å². The van der Waals surface area contributed by atoms with Crippen LogP contribution < -0.4 is 4.74 Å². The molecule has 1 unspecified atom stereocenters. The molecule has 0 N–H and O–H groups in total. The van der Waals surface area contributed by atoms with Gasteiger partial charge in [0.1, 0.15) is 17.4 Å². The Morgan fingerprint density at radius 2 is 1.47 bits per heavy atom. The maximum absolute atomic E-state index is 13.6. The Kier molecular flexibility index (Phi) is 7.49. The number of rotatable bonds is 9. The fourth-order valence-electron chi connectivity index (χ4n) is 3.01. The molecule has 0 amide bonds. The van der Waals surface area contributed by atoms with E-state index in [1.807, 2.05) is 30.3 Å². The zero-order chi connectivity index (χ0) is 21.4. The second-order valence-corrected chi connectivity index (χ2v) is 6.85. The predicted molar refractivity (Wildman–Crippen MR) is 109 cm³/mol. The summed E-state index contributed by atoms with van der Waals surface area (Å²) in [5, 5.41) is 0. The van der Waals surface area contributed by atoms with E-state index in [0.717, 1.165) is 11.1 Å². The highest BCUT2D eigenvalue weighted by Gasteiger charge is 2.40. The largest absolute Gasteiger partial charge is 0.457 e. The van der Waals surface area contributed by atoms with Crippen molar-refractivity contribution >= 4 is 0 Å². The standard InChI is InChI=1S/C24H23F3O3/c1-28-15-18-10-12-20(13-11-18)23(24(25,26)27)17-29-16-19-6-5-9-22(14-19)30-21-7-3-2-4-8-21/h2-14,23H,15-17H2,1H3. The van der Waals surface area contributed by atoms with E-state index in [1.54, 1.807) is 43.5 Å². The zero-order valence-electron chi connectivity index (χ0n) is 16.6. The van der Waals surface area contributed by atoms with Crippen LogP contribution in [0.5, 0.6) is 11.5 Å². The van der Waals surface area contributed by atoms with Gasteiger partial charge in [-0.2, -0.15) is 13.2 Å². The van der Waals surface area contributed by atoms with Gasteiger partial charge in [-0.05, 0) is 41.0 Å². The highest BCUT2D eigenvalue weighted by Crippen LogP contribution is 2.35. The third kappa shape index (κ3) is 6.34. The molecule has 1 atom stereocenters. The summed E-state index contributed by atoms with van der Waals surface area (Å²) in [6.07, 6.45) is -4.40. The van der Waals surface area contributed by atoms with Gasteiger partial charge in [0, 0.05) is 7.11 Å². The van der Waals surface area contributed by atoms with Gasteiger partial charge in [-0.15, -0.1) is 0 Å². The van der Waals surface area contributed by atoms with Crippen LogP contribution in [0.4, 0.5) is 13.2 Å². The molecule has 0 saturated carbocycles. The summed E-state index contributed by atoms with van der Waals surface area (Å²) in [5.74, 6) is -0.411. The van der Waals surface area contributed by atoms with E-state index in [-0.39, 0.29) is 12.2 Å². The number of alkyl halides is 3. The molecule has 0 saturated heterocycles. The summed E-state index contributed by atoms with van der Waals surface area (Å²) in [6.45, 7) is -0.0495. The van der Waals surface area contributed by atoms with Crippen molar-refractivity contribution in [3.63, 3.8) is 0 Å². The minimum absolute atomic E-state index is 0.0559. The van der Waals surface area contributed by atoms with Crippen LogP contribution in [0.1, 0.15) is 22.6 Å². The van der Waals surface area contributed by atoms with Gasteiger partial charge in [0.25, 0.3) is 0 Å². The molecule has 0 spiro atoms. The van der Waals surface area contributed by atoms with E-state index >= 15 is 0 Å². The minimum atomic E-state index is -4.40. The third-order valence-electron chi connectivity index (χ3n) is 4.52. The molecule has 3 rings (SSSR count). The summed E-state index contributed by atoms with van der Waals surface area (Å²) >= 11 is 0. The lowest BCUT2D eigenvalue weighted by molar-refractivity contribution is -0.163. The Morgan fingerprint density at radius 3 is 2.13 bits per heavy atom. The highest BCUT2D eigenvalue weighted by molar-refractivity contribution is 5.33. The second-order valence-electron chi connectivity index (χ2n) is 6.85. The molecule has 0 fully saturated rings. The first kappa shape index (κ1) is 21.9. The first-order chi connectivity index (χ1) is 14.5. The van der Waals surface area contributed by atoms with Crippen LogP contribution in [0.15, 0.2) is 78.9 Å². The first-order valence-corrected chi connectivity index (χ1v) is 9.50. The lowest BCUT2D eigenvalue weighted by Gasteiger charge is -2.21. The number of halogens is 3. The van der Waals surface area contributed by atoms with Gasteiger partial charge in [0.2, 0.25) is 0 Å². The Morgan fingerprint density at radius 1 is 0.767 bits per heavy atom. The van der Waals surface area contributed by atoms with E-state index in [1.165, 1.54) is 12.1 Å². The van der Waals surface area contributed by atoms with Crippen LogP contribution in [0.3, 0.4) is 0 Å². The summed E-state index contributed by atoms with van der Waals surface area (Å²) in [5.41, 5.74) is 1.72. The zero-order valence-corrected chi connectivity index (χ0v) is 16.6. The van der Waals surface area contributed by atoms with Crippen molar-refractivity contribution in [2.24, 2.45) is 0 Å². The molecule has 0 aliphatic heterocycles. The van der Waals surface area contributed by atoms with E-state index in [0.29, 0.717) is 18.1 Å². The van der Waals surface area contributed by atoms with Crippen LogP contribution in [0, 0.1) is 0 Å². The highest BCUT2D eigenvalue weighted by atomic mass is 19.4. The number of para-hydroxylation sites is 1. The number of methoxy groups -OCH3 is 1. The molecule has 3 aromatic rings. The first-order valence-electron chi connectivity index (χ1n) is 9.50. The molecule has 0 aliphatic carbocycles. The normalized spacial score (nSPS) is 12.5. The summed E-state index contributed by atoms with van der Waals surface area (Å²) < 4.78 is 56.9. The third-order valence-corrected chi connectivity index (χ3v) is 4.52. The van der Waals surface area contributed by atoms with Crippen molar-refractivity contribution in [2.45, 2.75) is 25.3 Å². The van der Waals surface area contributed by atoms with E-state index in [9.17, 15) is 13.2 Å². The van der Waals surface area contributed by atoms with E-state index in [4.69, 9.17) is 14.2 Å². The van der Waals surface area contributed by atoms with Crippen LogP contribution >= 0.6 is 0 Å². The number of hydrogen-bond donors (Lipinski definition) is 0. The molecule has 0 radical (unpaired) electrons. The lowest BCUT2D eigenvalue weighted by atomic mass is 9.98. The van der Waals surface area contributed by atoms with Crippen LogP contribution in [0.25, 0.3) is 0 Å². The summed E-state index contributed by atoms with van der Waals surface area (Å²) in [6, 6.07) is 22.6. The van der Waals surface area contributed by atoms with Crippen LogP contribution in [-0.4, -0.2) is 19.9 Å². The minimum Gasteiger partial charge on any atom is -0.457 e. The Labute approximate surface area is 174 Å². The molecule has 0 aromatic heterocycles. The Bertz CT molecular complexity index is 909. The molecule has 0 bridgehead atoms. The lowest BCUT2D eigenvalue weighted by Crippen LogP contribution is -2.25. The van der Waals surface area contributed by atoms with Crippen molar-refractivity contribution in [3.05, 3.63) is 95.6 Å². The molecule has 6 heteroatoms. The van der Waals surface area contributed by atoms with Gasteiger partial charge in [-0.3, -0.25) is 0 Å². The maximum atomic E-state index is 13.6. The molecule has 158 valence electrons. The number of hydrogen-bond acceptors (Lipinski definition) is 3. The molecule has 0 aliphatic rings. The summed E-state index contributed by atoms with van der Waals surface area (Å²) in [4.78, 5) is 0. The molecular formula is C24H23F3O3. The molecule has 3 aromatic carbocycles. The van der Waals surface area contributed by atoms with Crippen LogP contribution in [-0.2, 0) is 22.7 Å². The molecule has 30 heavy (non-hydrogen) atoms. The van der Waals surface area contributed by atoms with Crippen molar-refractivity contribution in [1.29, 1.82) is 0 Å². The molecule has 3 nitrogen and oxygen atoms in total. The average Bonchev–Trinajstić information content (AvgIpc) is 2.72. The Hall–Kier alpha value is -2.83. The Balaban J connectivity index is 1.62. The second kappa shape index (κ2) is 10.3. The van der Waals surface area contributed by atoms with Crippen molar-refractivity contribution < 1.29 is 27.4 Å². The van der Waals surface area contributed by atoms with E-state index < -0.39 is 18.7 Å². The van der Waals surface area contributed by atoms with Crippen molar-refractivity contribution in [1.82, 2.24) is 0 Å². The van der Waals surface area contributed by atoms with Gasteiger partial charge in [0.15, 0.2) is 0 Å². The average molecular weight is 416 g/mol. The van der Waals surface area contributed by atoms with Crippen LogP contribution in [0.2, 0.25) is 0 Å². The monoisotopic (exact) mass is 416 g/mol. The number of ether oxygens (including phenoxy) is 3. The SMILES string of the molecule is COCc1ccc(C(COCc2cccc(Oc3ccccc3)c2)C(F)(F)F)cc1. The maximum Gasteiger partial charge on any atom is 0.397 e. The number of benzene rings is 3. The fourth-order valence-corrected chi connectivity index (χ4v) is 3.01. The van der Waals surface area contributed by atoms with Gasteiger partial charge < -0.3 is 14.2 Å². The molecule has 0 heterocycles. The van der Waals surface area contributed by atoms with Crippen molar-refractivity contribution in [3.8, 4) is 11.5 Å². The predicted octanol–water partition coefficient (Wildman–Crippen LogP) is 6.49. The topological polar surface area (TPSA) is 27.7 Å². The smallest absolute Gasteiger partial charge is 0.397 e. The fraction of sp³-hybridized carbons (Fsp3) is 0.250. The summed E-state index contributed by atoms with van der Waals surface area (Å²) in [7, 11) is 1.54. The van der Waals surface area contributed by atoms with Crippen molar-refractivity contribution in [2.75, 3.05) is 13.7 Å². The van der Waals surface area contributed by atoms with Gasteiger partial charge in [-0.1, -0.05) is 54.6 Å². The van der Waals surface area contributed by atoms with E-state index in [2.05, 4.69) is 0 Å². The van der Waals surface area contributed by atoms with Gasteiger partial charge in [-0.25, -0.2) is 0 Å². The quantitative estimate of drug-likeness (QED) is 0.399.